The number of nitrogens with one attached hydrogen (secondary N) is 1. The second-order valence-corrected chi connectivity index (χ2v) is 8.05. The van der Waals surface area contributed by atoms with E-state index in [1.54, 1.807) is 18.3 Å². The number of benzene rings is 1. The molecule has 0 saturated heterocycles. The molecule has 9 heteroatoms. The molecule has 6 nitrogen and oxygen atoms in total. The van der Waals surface area contributed by atoms with Crippen LogP contribution < -0.4 is 11.1 Å². The van der Waals surface area contributed by atoms with Crippen LogP contribution in [0.3, 0.4) is 0 Å². The van der Waals surface area contributed by atoms with Crippen molar-refractivity contribution < 1.29 is 4.79 Å². The molecular weight excluding hydrogens is 390 g/mol. The van der Waals surface area contributed by atoms with Gasteiger partial charge in [-0.1, -0.05) is 22.9 Å². The first kappa shape index (κ1) is 16.9. The fourth-order valence-electron chi connectivity index (χ4n) is 2.44. The molecule has 0 aliphatic carbocycles. The summed E-state index contributed by atoms with van der Waals surface area (Å²) < 4.78 is 0.939. The highest BCUT2D eigenvalue weighted by atomic mass is 35.5. The molecule has 4 rings (SSSR count). The average Bonchev–Trinajstić information content (AvgIpc) is 3.21. The van der Waals surface area contributed by atoms with E-state index in [2.05, 4.69) is 20.3 Å². The lowest BCUT2D eigenvalue weighted by Gasteiger charge is -1.98. The van der Waals surface area contributed by atoms with E-state index in [9.17, 15) is 4.79 Å². The second kappa shape index (κ2) is 6.64. The largest absolute Gasteiger partial charge is 0.368 e. The summed E-state index contributed by atoms with van der Waals surface area (Å²) >= 11 is 8.95. The van der Waals surface area contributed by atoms with E-state index in [1.165, 1.54) is 22.7 Å². The normalized spacial score (nSPS) is 11.0. The van der Waals surface area contributed by atoms with E-state index in [1.807, 2.05) is 25.1 Å². The van der Waals surface area contributed by atoms with Gasteiger partial charge in [-0.25, -0.2) is 15.0 Å². The first-order valence-corrected chi connectivity index (χ1v) is 9.57. The standard InChI is InChI=1S/C17H12ClN5OS2/c1-8-6-9(18)14-13(7-8)26-17(22-14)23-15(24)12-3-2-11(25-12)10-4-5-20-16(19)21-10/h2-7H,1H3,(H2,19,20,21)(H,22,23,24). The molecule has 130 valence electrons. The number of hydrogen-bond acceptors (Lipinski definition) is 7. The fraction of sp³-hybridized carbons (Fsp3) is 0.0588. The number of aromatic nitrogens is 3. The zero-order chi connectivity index (χ0) is 18.3. The Morgan fingerprint density at radius 3 is 2.85 bits per heavy atom. The summed E-state index contributed by atoms with van der Waals surface area (Å²) in [4.78, 5) is 26.4. The fourth-order valence-corrected chi connectivity index (χ4v) is 4.67. The molecule has 0 spiro atoms. The number of hydrogen-bond donors (Lipinski definition) is 2. The maximum atomic E-state index is 12.5. The van der Waals surface area contributed by atoms with E-state index >= 15 is 0 Å². The number of halogens is 1. The van der Waals surface area contributed by atoms with Gasteiger partial charge in [-0.2, -0.15) is 0 Å². The second-order valence-electron chi connectivity index (χ2n) is 5.53. The van der Waals surface area contributed by atoms with Crippen molar-refractivity contribution in [2.45, 2.75) is 6.92 Å². The van der Waals surface area contributed by atoms with Crippen molar-refractivity contribution in [3.8, 4) is 10.6 Å². The molecule has 0 atom stereocenters. The predicted molar refractivity (Wildman–Crippen MR) is 107 cm³/mol. The van der Waals surface area contributed by atoms with Crippen LogP contribution in [0.25, 0.3) is 20.8 Å². The van der Waals surface area contributed by atoms with Gasteiger partial charge in [0.15, 0.2) is 5.13 Å². The SMILES string of the molecule is Cc1cc(Cl)c2nc(NC(=O)c3ccc(-c4ccnc(N)n4)s3)sc2c1. The van der Waals surface area contributed by atoms with Crippen molar-refractivity contribution in [2.75, 3.05) is 11.1 Å². The molecule has 3 N–H and O–H groups in total. The van der Waals surface area contributed by atoms with Crippen LogP contribution in [-0.4, -0.2) is 20.9 Å². The number of carbonyl (C=O) groups is 1. The first-order valence-electron chi connectivity index (χ1n) is 7.56. The van der Waals surface area contributed by atoms with Gasteiger partial charge in [-0.15, -0.1) is 11.3 Å². The number of anilines is 2. The summed E-state index contributed by atoms with van der Waals surface area (Å²) in [5, 5.41) is 3.93. The molecule has 0 aliphatic heterocycles. The maximum absolute atomic E-state index is 12.5. The summed E-state index contributed by atoms with van der Waals surface area (Å²) in [5.74, 6) is -0.0290. The molecule has 0 aliphatic rings. The van der Waals surface area contributed by atoms with E-state index in [0.29, 0.717) is 26.2 Å². The van der Waals surface area contributed by atoms with Crippen molar-refractivity contribution in [3.05, 3.63) is 52.0 Å². The van der Waals surface area contributed by atoms with Crippen LogP contribution in [0.15, 0.2) is 36.5 Å². The Hall–Kier alpha value is -2.55. The van der Waals surface area contributed by atoms with E-state index in [-0.39, 0.29) is 11.9 Å². The lowest BCUT2D eigenvalue weighted by atomic mass is 10.2. The van der Waals surface area contributed by atoms with E-state index in [4.69, 9.17) is 17.3 Å². The van der Waals surface area contributed by atoms with Gasteiger partial charge in [0, 0.05) is 6.20 Å². The van der Waals surface area contributed by atoms with Crippen LogP contribution in [0, 0.1) is 6.92 Å². The Morgan fingerprint density at radius 2 is 2.04 bits per heavy atom. The van der Waals surface area contributed by atoms with Crippen LogP contribution in [0.5, 0.6) is 0 Å². The number of nitrogens with zero attached hydrogens (tertiary/aromatic N) is 3. The summed E-state index contributed by atoms with van der Waals surface area (Å²) in [6, 6.07) is 9.19. The number of carbonyl (C=O) groups excluding carboxylic acids is 1. The summed E-state index contributed by atoms with van der Waals surface area (Å²) in [6.45, 7) is 1.97. The molecule has 0 unspecified atom stereocenters. The van der Waals surface area contributed by atoms with Gasteiger partial charge in [0.1, 0.15) is 5.52 Å². The predicted octanol–water partition coefficient (Wildman–Crippen LogP) is 4.61. The minimum absolute atomic E-state index is 0.198. The zero-order valence-electron chi connectivity index (χ0n) is 13.5. The van der Waals surface area contributed by atoms with Gasteiger partial charge in [-0.3, -0.25) is 10.1 Å². The van der Waals surface area contributed by atoms with Crippen LogP contribution in [0.4, 0.5) is 11.1 Å². The van der Waals surface area contributed by atoms with Crippen molar-refractivity contribution in [3.63, 3.8) is 0 Å². The van der Waals surface area contributed by atoms with Crippen LogP contribution in [0.1, 0.15) is 15.2 Å². The lowest BCUT2D eigenvalue weighted by molar-refractivity contribution is 0.103. The quantitative estimate of drug-likeness (QED) is 0.522. The number of nitrogen functional groups attached to an aromatic ring is 1. The number of thiophene rings is 1. The monoisotopic (exact) mass is 401 g/mol. The van der Waals surface area contributed by atoms with Crippen molar-refractivity contribution >= 4 is 61.5 Å². The zero-order valence-corrected chi connectivity index (χ0v) is 15.9. The third-order valence-corrected chi connectivity index (χ3v) is 5.88. The Bertz CT molecular complexity index is 1140. The Balaban J connectivity index is 1.58. The van der Waals surface area contributed by atoms with Gasteiger partial charge >= 0.3 is 0 Å². The minimum atomic E-state index is -0.227. The molecule has 3 heterocycles. The Labute approximate surface area is 161 Å². The molecular formula is C17H12ClN5OS2. The van der Waals surface area contributed by atoms with Gasteiger partial charge in [0.05, 0.1) is 25.2 Å². The van der Waals surface area contributed by atoms with Gasteiger partial charge < -0.3 is 5.73 Å². The van der Waals surface area contributed by atoms with E-state index < -0.39 is 0 Å². The highest BCUT2D eigenvalue weighted by Crippen LogP contribution is 2.33. The lowest BCUT2D eigenvalue weighted by Crippen LogP contribution is -2.09. The molecule has 0 fully saturated rings. The smallest absolute Gasteiger partial charge is 0.267 e. The Morgan fingerprint density at radius 1 is 1.19 bits per heavy atom. The number of nitrogens with two attached hydrogens (primary N) is 1. The third kappa shape index (κ3) is 3.26. The number of fused-ring (bicyclic) bond motifs is 1. The molecule has 1 aromatic carbocycles. The summed E-state index contributed by atoms with van der Waals surface area (Å²) in [6.07, 6.45) is 1.59. The molecule has 3 aromatic heterocycles. The number of aryl methyl sites for hydroxylation is 1. The van der Waals surface area contributed by atoms with Gasteiger partial charge in [0.25, 0.3) is 5.91 Å². The maximum Gasteiger partial charge on any atom is 0.267 e. The topological polar surface area (TPSA) is 93.8 Å². The highest BCUT2D eigenvalue weighted by molar-refractivity contribution is 7.22. The number of rotatable bonds is 3. The van der Waals surface area contributed by atoms with Crippen LogP contribution >= 0.6 is 34.3 Å². The molecule has 1 amide bonds. The molecule has 0 bridgehead atoms. The Kier molecular flexibility index (Phi) is 4.31. The minimum Gasteiger partial charge on any atom is -0.368 e. The molecule has 0 radical (unpaired) electrons. The van der Waals surface area contributed by atoms with Crippen LogP contribution in [0.2, 0.25) is 5.02 Å². The van der Waals surface area contributed by atoms with Crippen molar-refractivity contribution in [1.29, 1.82) is 0 Å². The molecule has 26 heavy (non-hydrogen) atoms. The third-order valence-electron chi connectivity index (χ3n) is 3.57. The number of thiazole rings is 1. The van der Waals surface area contributed by atoms with Crippen LogP contribution in [-0.2, 0) is 0 Å². The van der Waals surface area contributed by atoms with Gasteiger partial charge in [0.2, 0.25) is 5.95 Å². The van der Waals surface area contributed by atoms with Gasteiger partial charge in [-0.05, 0) is 42.8 Å². The van der Waals surface area contributed by atoms with E-state index in [0.717, 1.165) is 15.1 Å². The number of amides is 1. The van der Waals surface area contributed by atoms with Crippen molar-refractivity contribution in [2.24, 2.45) is 0 Å². The summed E-state index contributed by atoms with van der Waals surface area (Å²) in [5.41, 5.74) is 8.04. The van der Waals surface area contributed by atoms with Crippen molar-refractivity contribution in [1.82, 2.24) is 15.0 Å². The molecule has 4 aromatic rings. The molecule has 0 saturated carbocycles. The highest BCUT2D eigenvalue weighted by Gasteiger charge is 2.15. The average molecular weight is 402 g/mol. The summed E-state index contributed by atoms with van der Waals surface area (Å²) in [7, 11) is 0. The first-order chi connectivity index (χ1) is 12.5.